The second-order valence-corrected chi connectivity index (χ2v) is 6.21. The van der Waals surface area contributed by atoms with E-state index in [0.717, 1.165) is 18.7 Å². The van der Waals surface area contributed by atoms with Gasteiger partial charge in [-0.3, -0.25) is 5.10 Å². The second-order valence-electron chi connectivity index (χ2n) is 5.41. The number of aromatic amines is 1. The standard InChI is InChI=1S/C15H16ClFN4S/c16-12-7-4-8-13(17)11(12)9-18-21-14(19-20-15(21)22)10-5-2-1-3-6-10/h4,7-10H,1-3,5-6H2,(H,20,22)/b18-9+. The molecular formula is C15H16ClFN4S. The van der Waals surface area contributed by atoms with Gasteiger partial charge in [0.25, 0.3) is 0 Å². The molecule has 0 spiro atoms. The van der Waals surface area contributed by atoms with E-state index in [0.29, 0.717) is 15.7 Å². The summed E-state index contributed by atoms with van der Waals surface area (Å²) in [6.45, 7) is 0. The van der Waals surface area contributed by atoms with Crippen molar-refractivity contribution in [2.24, 2.45) is 5.10 Å². The maximum absolute atomic E-state index is 13.8. The average Bonchev–Trinajstić information content (AvgIpc) is 2.89. The van der Waals surface area contributed by atoms with Crippen LogP contribution >= 0.6 is 23.8 Å². The first-order chi connectivity index (χ1) is 10.7. The van der Waals surface area contributed by atoms with Crippen molar-refractivity contribution < 1.29 is 4.39 Å². The number of benzene rings is 1. The molecule has 0 radical (unpaired) electrons. The fraction of sp³-hybridized carbons (Fsp3) is 0.400. The molecule has 0 saturated heterocycles. The van der Waals surface area contributed by atoms with Crippen molar-refractivity contribution in [2.75, 3.05) is 0 Å². The second kappa shape index (κ2) is 6.71. The summed E-state index contributed by atoms with van der Waals surface area (Å²) in [5, 5.41) is 11.7. The van der Waals surface area contributed by atoms with Crippen LogP contribution in [0.15, 0.2) is 23.3 Å². The fourth-order valence-electron chi connectivity index (χ4n) is 2.79. The molecule has 1 saturated carbocycles. The number of nitrogens with one attached hydrogen (secondary N) is 1. The molecule has 0 bridgehead atoms. The maximum atomic E-state index is 13.8. The Morgan fingerprint density at radius 2 is 2.14 bits per heavy atom. The molecule has 1 aromatic heterocycles. The summed E-state index contributed by atoms with van der Waals surface area (Å²) in [4.78, 5) is 0. The van der Waals surface area contributed by atoms with Crippen molar-refractivity contribution in [3.63, 3.8) is 0 Å². The number of halogens is 2. The van der Waals surface area contributed by atoms with Gasteiger partial charge in [-0.1, -0.05) is 36.9 Å². The smallest absolute Gasteiger partial charge is 0.216 e. The van der Waals surface area contributed by atoms with E-state index in [9.17, 15) is 4.39 Å². The summed E-state index contributed by atoms with van der Waals surface area (Å²) >= 11 is 11.2. The van der Waals surface area contributed by atoms with Crippen LogP contribution in [0.5, 0.6) is 0 Å². The molecule has 1 aliphatic carbocycles. The van der Waals surface area contributed by atoms with E-state index in [1.165, 1.54) is 31.5 Å². The maximum Gasteiger partial charge on any atom is 0.216 e. The van der Waals surface area contributed by atoms with Crippen molar-refractivity contribution in [3.05, 3.63) is 45.2 Å². The third kappa shape index (κ3) is 3.13. The van der Waals surface area contributed by atoms with Gasteiger partial charge in [0.2, 0.25) is 4.77 Å². The number of hydrogen-bond donors (Lipinski definition) is 1. The van der Waals surface area contributed by atoms with E-state index in [2.05, 4.69) is 15.3 Å². The Bertz CT molecular complexity index is 726. The van der Waals surface area contributed by atoms with Crippen LogP contribution in [-0.2, 0) is 0 Å². The highest BCUT2D eigenvalue weighted by Crippen LogP contribution is 2.31. The molecule has 4 nitrogen and oxygen atoms in total. The first-order valence-corrected chi connectivity index (χ1v) is 8.11. The molecule has 0 atom stereocenters. The van der Waals surface area contributed by atoms with Crippen LogP contribution in [0.1, 0.15) is 49.4 Å². The molecule has 3 rings (SSSR count). The van der Waals surface area contributed by atoms with Gasteiger partial charge in [-0.05, 0) is 37.2 Å². The third-order valence-corrected chi connectivity index (χ3v) is 4.54. The van der Waals surface area contributed by atoms with Crippen LogP contribution in [0, 0.1) is 10.6 Å². The lowest BCUT2D eigenvalue weighted by Gasteiger charge is -2.19. The highest BCUT2D eigenvalue weighted by Gasteiger charge is 2.21. The zero-order chi connectivity index (χ0) is 15.5. The largest absolute Gasteiger partial charge is 0.250 e. The molecule has 1 aromatic carbocycles. The van der Waals surface area contributed by atoms with Crippen LogP contribution in [-0.4, -0.2) is 21.1 Å². The Morgan fingerprint density at radius 1 is 1.36 bits per heavy atom. The lowest BCUT2D eigenvalue weighted by atomic mass is 9.89. The van der Waals surface area contributed by atoms with E-state index < -0.39 is 5.82 Å². The minimum Gasteiger partial charge on any atom is -0.250 e. The summed E-state index contributed by atoms with van der Waals surface area (Å²) in [5.41, 5.74) is 0.252. The molecule has 2 aromatic rings. The normalized spacial score (nSPS) is 16.5. The van der Waals surface area contributed by atoms with E-state index in [1.807, 2.05) is 0 Å². The summed E-state index contributed by atoms with van der Waals surface area (Å²) in [6.07, 6.45) is 7.19. The molecule has 0 amide bonds. The Balaban J connectivity index is 1.93. The van der Waals surface area contributed by atoms with Crippen LogP contribution in [0.3, 0.4) is 0 Å². The molecule has 1 aliphatic rings. The average molecular weight is 339 g/mol. The van der Waals surface area contributed by atoms with Crippen molar-refractivity contribution in [3.8, 4) is 0 Å². The molecule has 22 heavy (non-hydrogen) atoms. The van der Waals surface area contributed by atoms with Crippen molar-refractivity contribution >= 4 is 30.0 Å². The molecule has 1 N–H and O–H groups in total. The van der Waals surface area contributed by atoms with E-state index >= 15 is 0 Å². The van der Waals surface area contributed by atoms with Gasteiger partial charge >= 0.3 is 0 Å². The highest BCUT2D eigenvalue weighted by atomic mass is 35.5. The van der Waals surface area contributed by atoms with Crippen LogP contribution in [0.4, 0.5) is 4.39 Å². The van der Waals surface area contributed by atoms with Gasteiger partial charge < -0.3 is 0 Å². The van der Waals surface area contributed by atoms with Gasteiger partial charge in [0.1, 0.15) is 5.82 Å². The van der Waals surface area contributed by atoms with Crippen LogP contribution < -0.4 is 0 Å². The minimum atomic E-state index is -0.412. The summed E-state index contributed by atoms with van der Waals surface area (Å²) in [7, 11) is 0. The predicted octanol–water partition coefficient (Wildman–Crippen LogP) is 4.66. The van der Waals surface area contributed by atoms with Gasteiger partial charge in [0.15, 0.2) is 5.82 Å². The van der Waals surface area contributed by atoms with Gasteiger partial charge in [-0.25, -0.2) is 4.39 Å². The quantitative estimate of drug-likeness (QED) is 0.653. The monoisotopic (exact) mass is 338 g/mol. The fourth-order valence-corrected chi connectivity index (χ4v) is 3.19. The molecule has 0 aliphatic heterocycles. The Hall–Kier alpha value is -1.53. The SMILES string of the molecule is Fc1cccc(Cl)c1/C=N/n1c(C2CCCCC2)n[nH]c1=S. The van der Waals surface area contributed by atoms with Gasteiger partial charge in [-0.15, -0.1) is 0 Å². The van der Waals surface area contributed by atoms with E-state index in [-0.39, 0.29) is 5.56 Å². The van der Waals surface area contributed by atoms with Gasteiger partial charge in [-0.2, -0.15) is 14.9 Å². The summed E-state index contributed by atoms with van der Waals surface area (Å²) in [6, 6.07) is 4.54. The van der Waals surface area contributed by atoms with Crippen LogP contribution in [0.25, 0.3) is 0 Å². The Morgan fingerprint density at radius 3 is 2.86 bits per heavy atom. The summed E-state index contributed by atoms with van der Waals surface area (Å²) < 4.78 is 15.8. The number of nitrogens with zero attached hydrogens (tertiary/aromatic N) is 3. The van der Waals surface area contributed by atoms with Gasteiger partial charge in [0, 0.05) is 11.5 Å². The zero-order valence-corrected chi connectivity index (χ0v) is 13.5. The van der Waals surface area contributed by atoms with Gasteiger partial charge in [0.05, 0.1) is 11.2 Å². The zero-order valence-electron chi connectivity index (χ0n) is 11.9. The number of rotatable bonds is 3. The molecule has 0 unspecified atom stereocenters. The highest BCUT2D eigenvalue weighted by molar-refractivity contribution is 7.71. The molecule has 1 fully saturated rings. The van der Waals surface area contributed by atoms with Crippen molar-refractivity contribution in [1.82, 2.24) is 14.9 Å². The van der Waals surface area contributed by atoms with Crippen molar-refractivity contribution in [1.29, 1.82) is 0 Å². The minimum absolute atomic E-state index is 0.252. The number of aromatic nitrogens is 3. The first kappa shape index (κ1) is 15.4. The predicted molar refractivity (Wildman–Crippen MR) is 87.6 cm³/mol. The first-order valence-electron chi connectivity index (χ1n) is 7.32. The Labute approximate surface area is 138 Å². The molecule has 7 heteroatoms. The topological polar surface area (TPSA) is 46.0 Å². The Kier molecular flexibility index (Phi) is 4.69. The lowest BCUT2D eigenvalue weighted by molar-refractivity contribution is 0.419. The van der Waals surface area contributed by atoms with Crippen LogP contribution in [0.2, 0.25) is 5.02 Å². The molecule has 1 heterocycles. The summed E-state index contributed by atoms with van der Waals surface area (Å²) in [5.74, 6) is 0.744. The van der Waals surface area contributed by atoms with E-state index in [1.54, 1.807) is 16.8 Å². The molecule has 116 valence electrons. The molecular weight excluding hydrogens is 323 g/mol. The van der Waals surface area contributed by atoms with E-state index in [4.69, 9.17) is 23.8 Å². The number of hydrogen-bond acceptors (Lipinski definition) is 3. The van der Waals surface area contributed by atoms with Crippen molar-refractivity contribution in [2.45, 2.75) is 38.0 Å². The third-order valence-electron chi connectivity index (χ3n) is 3.95. The number of H-pyrrole nitrogens is 1. The lowest BCUT2D eigenvalue weighted by Crippen LogP contribution is -2.10.